The summed E-state index contributed by atoms with van der Waals surface area (Å²) in [5.41, 5.74) is 0.979. The Labute approximate surface area is 152 Å². The first-order chi connectivity index (χ1) is 12.4. The number of nitrogens with one attached hydrogen (secondary N) is 2. The summed E-state index contributed by atoms with van der Waals surface area (Å²) >= 11 is 0. The molecule has 0 amide bonds. The van der Waals surface area contributed by atoms with Crippen LogP contribution in [0.15, 0.2) is 47.5 Å². The second-order valence-corrected chi connectivity index (χ2v) is 6.96. The predicted octanol–water partition coefficient (Wildman–Crippen LogP) is 3.93. The Morgan fingerprint density at radius 1 is 1.23 bits per heavy atom. The lowest BCUT2D eigenvalue weighted by Crippen LogP contribution is -2.45. The fourth-order valence-corrected chi connectivity index (χ4v) is 3.15. The third-order valence-electron chi connectivity index (χ3n) is 4.36. The number of benzene rings is 2. The van der Waals surface area contributed by atoms with Crippen molar-refractivity contribution in [3.8, 4) is 5.75 Å². The molecule has 6 heteroatoms. The largest absolute Gasteiger partial charge is 0.487 e. The molecule has 26 heavy (non-hydrogen) atoms. The number of aliphatic imine (C=N–C) groups is 1. The van der Waals surface area contributed by atoms with Gasteiger partial charge in [0.2, 0.25) is 0 Å². The monoisotopic (exact) mass is 359 g/mol. The van der Waals surface area contributed by atoms with E-state index in [2.05, 4.69) is 15.6 Å². The van der Waals surface area contributed by atoms with E-state index in [0.717, 1.165) is 29.9 Å². The van der Waals surface area contributed by atoms with Crippen molar-refractivity contribution in [3.05, 3.63) is 65.2 Å². The SMILES string of the molecule is CN=C(NCc1cc(F)ccc1F)NC1CC(C)(C)Oc2ccccc21. The fourth-order valence-electron chi connectivity index (χ4n) is 3.15. The summed E-state index contributed by atoms with van der Waals surface area (Å²) in [5, 5.41) is 6.42. The normalized spacial score (nSPS) is 18.7. The number of rotatable bonds is 3. The molecular weight excluding hydrogens is 336 g/mol. The van der Waals surface area contributed by atoms with E-state index in [1.807, 2.05) is 38.1 Å². The van der Waals surface area contributed by atoms with E-state index in [-0.39, 0.29) is 23.8 Å². The van der Waals surface area contributed by atoms with Gasteiger partial charge in [0.1, 0.15) is 23.0 Å². The number of nitrogens with zero attached hydrogens (tertiary/aromatic N) is 1. The molecule has 0 radical (unpaired) electrons. The van der Waals surface area contributed by atoms with E-state index in [4.69, 9.17) is 4.74 Å². The number of guanidine groups is 1. The lowest BCUT2D eigenvalue weighted by molar-refractivity contribution is 0.0694. The molecule has 0 spiro atoms. The molecule has 0 aliphatic carbocycles. The molecule has 0 fully saturated rings. The van der Waals surface area contributed by atoms with Gasteiger partial charge in [0.05, 0.1) is 6.04 Å². The maximum Gasteiger partial charge on any atom is 0.191 e. The van der Waals surface area contributed by atoms with Gasteiger partial charge in [-0.05, 0) is 38.1 Å². The topological polar surface area (TPSA) is 45.7 Å². The van der Waals surface area contributed by atoms with Crippen molar-refractivity contribution in [2.24, 2.45) is 4.99 Å². The summed E-state index contributed by atoms with van der Waals surface area (Å²) in [6, 6.07) is 11.3. The lowest BCUT2D eigenvalue weighted by atomic mass is 9.90. The lowest BCUT2D eigenvalue weighted by Gasteiger charge is -2.38. The number of hydrogen-bond donors (Lipinski definition) is 2. The van der Waals surface area contributed by atoms with Crippen LogP contribution in [0.1, 0.15) is 37.4 Å². The first-order valence-electron chi connectivity index (χ1n) is 8.57. The first kappa shape index (κ1) is 18.2. The van der Waals surface area contributed by atoms with Crippen LogP contribution < -0.4 is 15.4 Å². The van der Waals surface area contributed by atoms with Crippen molar-refractivity contribution in [2.45, 2.75) is 38.5 Å². The number of halogens is 2. The van der Waals surface area contributed by atoms with E-state index in [9.17, 15) is 8.78 Å². The highest BCUT2D eigenvalue weighted by Gasteiger charge is 2.33. The standard InChI is InChI=1S/C20H23F2N3O/c1-20(2)11-17(15-6-4-5-7-18(15)26-20)25-19(23-3)24-12-13-10-14(21)8-9-16(13)22/h4-10,17H,11-12H2,1-3H3,(H2,23,24,25). The molecule has 138 valence electrons. The second kappa shape index (κ2) is 7.32. The molecule has 2 N–H and O–H groups in total. The number of ether oxygens (including phenoxy) is 1. The molecule has 2 aromatic rings. The minimum Gasteiger partial charge on any atom is -0.487 e. The minimum absolute atomic E-state index is 0.00138. The molecule has 2 aromatic carbocycles. The molecule has 3 rings (SSSR count). The number of para-hydroxylation sites is 1. The molecule has 0 saturated carbocycles. The summed E-state index contributed by atoms with van der Waals surface area (Å²) < 4.78 is 33.2. The summed E-state index contributed by atoms with van der Waals surface area (Å²) in [4.78, 5) is 4.21. The van der Waals surface area contributed by atoms with E-state index < -0.39 is 11.6 Å². The van der Waals surface area contributed by atoms with Crippen molar-refractivity contribution in [1.82, 2.24) is 10.6 Å². The predicted molar refractivity (Wildman–Crippen MR) is 98.2 cm³/mol. The fraction of sp³-hybridized carbons (Fsp3) is 0.350. The smallest absolute Gasteiger partial charge is 0.191 e. The molecule has 1 unspecified atom stereocenters. The van der Waals surface area contributed by atoms with Gasteiger partial charge in [-0.25, -0.2) is 8.78 Å². The van der Waals surface area contributed by atoms with Gasteiger partial charge in [0.15, 0.2) is 5.96 Å². The maximum atomic E-state index is 13.8. The minimum atomic E-state index is -0.466. The van der Waals surface area contributed by atoms with Crippen LogP contribution in [0.5, 0.6) is 5.75 Å². The second-order valence-electron chi connectivity index (χ2n) is 6.96. The number of fused-ring (bicyclic) bond motifs is 1. The van der Waals surface area contributed by atoms with E-state index in [1.54, 1.807) is 7.05 Å². The van der Waals surface area contributed by atoms with E-state index >= 15 is 0 Å². The van der Waals surface area contributed by atoms with Gasteiger partial charge in [-0.1, -0.05) is 18.2 Å². The van der Waals surface area contributed by atoms with Crippen LogP contribution in [0.25, 0.3) is 0 Å². The van der Waals surface area contributed by atoms with Crippen LogP contribution >= 0.6 is 0 Å². The summed E-state index contributed by atoms with van der Waals surface area (Å²) in [6.07, 6.45) is 0.749. The van der Waals surface area contributed by atoms with Crippen LogP contribution in [0.4, 0.5) is 8.78 Å². The summed E-state index contributed by atoms with van der Waals surface area (Å²) in [7, 11) is 1.65. The van der Waals surface area contributed by atoms with Gasteiger partial charge in [0.25, 0.3) is 0 Å². The molecule has 4 nitrogen and oxygen atoms in total. The summed E-state index contributed by atoms with van der Waals surface area (Å²) in [6.45, 7) is 4.21. The van der Waals surface area contributed by atoms with Crippen LogP contribution in [-0.4, -0.2) is 18.6 Å². The Morgan fingerprint density at radius 3 is 2.77 bits per heavy atom. The molecule has 0 aromatic heterocycles. The van der Waals surface area contributed by atoms with Crippen molar-refractivity contribution in [1.29, 1.82) is 0 Å². The molecule has 0 bridgehead atoms. The maximum absolute atomic E-state index is 13.8. The number of hydrogen-bond acceptors (Lipinski definition) is 2. The van der Waals surface area contributed by atoms with Gasteiger partial charge in [0, 0.05) is 31.1 Å². The Kier molecular flexibility index (Phi) is 5.11. The van der Waals surface area contributed by atoms with Gasteiger partial charge >= 0.3 is 0 Å². The average molecular weight is 359 g/mol. The van der Waals surface area contributed by atoms with Crippen molar-refractivity contribution >= 4 is 5.96 Å². The molecule has 1 aliphatic heterocycles. The zero-order valence-corrected chi connectivity index (χ0v) is 15.1. The Balaban J connectivity index is 1.73. The Bertz CT molecular complexity index is 820. The van der Waals surface area contributed by atoms with E-state index in [0.29, 0.717) is 5.96 Å². The van der Waals surface area contributed by atoms with Crippen LogP contribution in [0.3, 0.4) is 0 Å². The third kappa shape index (κ3) is 4.12. The zero-order valence-electron chi connectivity index (χ0n) is 15.1. The van der Waals surface area contributed by atoms with Gasteiger partial charge < -0.3 is 15.4 Å². The third-order valence-corrected chi connectivity index (χ3v) is 4.36. The van der Waals surface area contributed by atoms with Crippen LogP contribution in [0.2, 0.25) is 0 Å². The highest BCUT2D eigenvalue weighted by atomic mass is 19.1. The van der Waals surface area contributed by atoms with E-state index in [1.165, 1.54) is 6.07 Å². The summed E-state index contributed by atoms with van der Waals surface area (Å²) in [5.74, 6) is 0.442. The molecule has 1 atom stereocenters. The highest BCUT2D eigenvalue weighted by molar-refractivity contribution is 5.80. The van der Waals surface area contributed by atoms with Crippen LogP contribution in [0, 0.1) is 11.6 Å². The first-order valence-corrected chi connectivity index (χ1v) is 8.57. The molecular formula is C20H23F2N3O. The van der Waals surface area contributed by atoms with Gasteiger partial charge in [-0.3, -0.25) is 4.99 Å². The van der Waals surface area contributed by atoms with Crippen molar-refractivity contribution in [3.63, 3.8) is 0 Å². The molecule has 1 heterocycles. The van der Waals surface area contributed by atoms with Crippen LogP contribution in [-0.2, 0) is 6.54 Å². The highest BCUT2D eigenvalue weighted by Crippen LogP contribution is 2.39. The quantitative estimate of drug-likeness (QED) is 0.645. The molecule has 0 saturated heterocycles. The Hall–Kier alpha value is -2.63. The van der Waals surface area contributed by atoms with Gasteiger partial charge in [-0.15, -0.1) is 0 Å². The average Bonchev–Trinajstić information content (AvgIpc) is 2.60. The zero-order chi connectivity index (χ0) is 18.7. The van der Waals surface area contributed by atoms with Gasteiger partial charge in [-0.2, -0.15) is 0 Å². The van der Waals surface area contributed by atoms with Crippen molar-refractivity contribution < 1.29 is 13.5 Å². The van der Waals surface area contributed by atoms with Crippen molar-refractivity contribution in [2.75, 3.05) is 7.05 Å². The molecule has 1 aliphatic rings. The Morgan fingerprint density at radius 2 is 2.00 bits per heavy atom.